The van der Waals surface area contributed by atoms with Gasteiger partial charge in [-0.15, -0.1) is 0 Å². The smallest absolute Gasteiger partial charge is 0.239 e. The van der Waals surface area contributed by atoms with Crippen molar-refractivity contribution < 1.29 is 4.79 Å². The third kappa shape index (κ3) is 3.00. The van der Waals surface area contributed by atoms with E-state index in [1.165, 1.54) is 0 Å². The average Bonchev–Trinajstić information content (AvgIpc) is 2.72. The van der Waals surface area contributed by atoms with Gasteiger partial charge in [0.1, 0.15) is 6.04 Å². The summed E-state index contributed by atoms with van der Waals surface area (Å²) in [7, 11) is 1.84. The molecule has 19 heavy (non-hydrogen) atoms. The van der Waals surface area contributed by atoms with E-state index in [1.54, 1.807) is 10.9 Å². The van der Waals surface area contributed by atoms with Crippen LogP contribution in [-0.2, 0) is 18.4 Å². The summed E-state index contributed by atoms with van der Waals surface area (Å²) >= 11 is 0. The number of rotatable bonds is 5. The highest BCUT2D eigenvalue weighted by Gasteiger charge is 2.21. The fraction of sp³-hybridized carbons (Fsp3) is 0.286. The van der Waals surface area contributed by atoms with Crippen LogP contribution in [-0.4, -0.2) is 15.7 Å². The number of hydrogen-bond donors (Lipinski definition) is 2. The number of carbonyl (C=O) groups is 1. The lowest BCUT2D eigenvalue weighted by Gasteiger charge is -2.15. The first kappa shape index (κ1) is 13.3. The SMILES string of the molecule is Cc1c(C(NCc2ccccc2)C(N)=O)cnn1C. The maximum atomic E-state index is 11.6. The first-order valence-electron chi connectivity index (χ1n) is 6.14. The molecule has 5 heteroatoms. The molecule has 0 aliphatic rings. The molecular weight excluding hydrogens is 240 g/mol. The monoisotopic (exact) mass is 258 g/mol. The van der Waals surface area contributed by atoms with Gasteiger partial charge >= 0.3 is 0 Å². The van der Waals surface area contributed by atoms with Crippen molar-refractivity contribution in [3.05, 3.63) is 53.3 Å². The van der Waals surface area contributed by atoms with Crippen molar-refractivity contribution in [2.75, 3.05) is 0 Å². The second kappa shape index (κ2) is 5.67. The minimum atomic E-state index is -0.520. The largest absolute Gasteiger partial charge is 0.368 e. The Hall–Kier alpha value is -2.14. The summed E-state index contributed by atoms with van der Waals surface area (Å²) in [6.07, 6.45) is 1.68. The summed E-state index contributed by atoms with van der Waals surface area (Å²) in [6.45, 7) is 2.51. The predicted molar refractivity (Wildman–Crippen MR) is 73.2 cm³/mol. The predicted octanol–water partition coefficient (Wildman–Crippen LogP) is 1.04. The lowest BCUT2D eigenvalue weighted by Crippen LogP contribution is -2.33. The second-order valence-corrected chi connectivity index (χ2v) is 4.51. The van der Waals surface area contributed by atoms with Crippen LogP contribution < -0.4 is 11.1 Å². The average molecular weight is 258 g/mol. The molecule has 2 rings (SSSR count). The van der Waals surface area contributed by atoms with Crippen LogP contribution in [0.4, 0.5) is 0 Å². The summed E-state index contributed by atoms with van der Waals surface area (Å²) in [5.41, 5.74) is 8.34. The zero-order valence-corrected chi connectivity index (χ0v) is 11.1. The number of aromatic nitrogens is 2. The maximum absolute atomic E-state index is 11.6. The third-order valence-electron chi connectivity index (χ3n) is 3.22. The van der Waals surface area contributed by atoms with Gasteiger partial charge < -0.3 is 5.73 Å². The van der Waals surface area contributed by atoms with E-state index in [4.69, 9.17) is 5.73 Å². The van der Waals surface area contributed by atoms with Crippen LogP contribution in [0.3, 0.4) is 0 Å². The summed E-state index contributed by atoms with van der Waals surface area (Å²) < 4.78 is 1.73. The number of aryl methyl sites for hydroxylation is 1. The van der Waals surface area contributed by atoms with Crippen LogP contribution in [0, 0.1) is 6.92 Å². The van der Waals surface area contributed by atoms with Gasteiger partial charge in [0.15, 0.2) is 0 Å². The van der Waals surface area contributed by atoms with E-state index in [2.05, 4.69) is 10.4 Å². The zero-order valence-electron chi connectivity index (χ0n) is 11.1. The van der Waals surface area contributed by atoms with Crippen LogP contribution in [0.5, 0.6) is 0 Å². The van der Waals surface area contributed by atoms with Crippen LogP contribution in [0.15, 0.2) is 36.5 Å². The van der Waals surface area contributed by atoms with Gasteiger partial charge in [-0.05, 0) is 12.5 Å². The van der Waals surface area contributed by atoms with Crippen LogP contribution >= 0.6 is 0 Å². The number of carbonyl (C=O) groups excluding carboxylic acids is 1. The first-order chi connectivity index (χ1) is 9.09. The van der Waals surface area contributed by atoms with Crippen LogP contribution in [0.2, 0.25) is 0 Å². The molecule has 1 unspecified atom stereocenters. The van der Waals surface area contributed by atoms with E-state index >= 15 is 0 Å². The highest BCUT2D eigenvalue weighted by molar-refractivity contribution is 5.81. The summed E-state index contributed by atoms with van der Waals surface area (Å²) in [6, 6.07) is 9.37. The Morgan fingerprint density at radius 3 is 2.63 bits per heavy atom. The molecule has 0 bridgehead atoms. The molecule has 100 valence electrons. The van der Waals surface area contributed by atoms with E-state index in [-0.39, 0.29) is 0 Å². The van der Waals surface area contributed by atoms with Gasteiger partial charge in [0.25, 0.3) is 0 Å². The Labute approximate surface area is 112 Å². The Bertz CT molecular complexity index is 562. The summed E-state index contributed by atoms with van der Waals surface area (Å²) in [4.78, 5) is 11.6. The molecule has 0 spiro atoms. The van der Waals surface area contributed by atoms with Crippen molar-refractivity contribution in [1.82, 2.24) is 15.1 Å². The molecule has 0 fully saturated rings. The fourth-order valence-corrected chi connectivity index (χ4v) is 1.98. The third-order valence-corrected chi connectivity index (χ3v) is 3.22. The number of nitrogens with two attached hydrogens (primary N) is 1. The molecule has 0 saturated carbocycles. The molecule has 1 heterocycles. The van der Waals surface area contributed by atoms with Gasteiger partial charge in [0.2, 0.25) is 5.91 Å². The highest BCUT2D eigenvalue weighted by Crippen LogP contribution is 2.17. The molecular formula is C14H18N4O. The van der Waals surface area contributed by atoms with E-state index in [9.17, 15) is 4.79 Å². The van der Waals surface area contributed by atoms with Crippen molar-refractivity contribution in [3.8, 4) is 0 Å². The molecule has 0 radical (unpaired) electrons. The number of amides is 1. The first-order valence-corrected chi connectivity index (χ1v) is 6.14. The molecule has 1 aromatic heterocycles. The molecule has 0 aliphatic carbocycles. The van der Waals surface area contributed by atoms with Crippen molar-refractivity contribution in [1.29, 1.82) is 0 Å². The number of nitrogens with one attached hydrogen (secondary N) is 1. The van der Waals surface area contributed by atoms with Gasteiger partial charge in [0, 0.05) is 24.8 Å². The quantitative estimate of drug-likeness (QED) is 0.841. The zero-order chi connectivity index (χ0) is 13.8. The van der Waals surface area contributed by atoms with Crippen molar-refractivity contribution >= 4 is 5.91 Å². The lowest BCUT2D eigenvalue weighted by molar-refractivity contribution is -0.120. The van der Waals surface area contributed by atoms with Gasteiger partial charge in [-0.25, -0.2) is 0 Å². The van der Waals surface area contributed by atoms with Gasteiger partial charge in [-0.3, -0.25) is 14.8 Å². The Kier molecular flexibility index (Phi) is 3.97. The van der Waals surface area contributed by atoms with E-state index in [0.717, 1.165) is 16.8 Å². The Morgan fingerprint density at radius 2 is 2.11 bits per heavy atom. The molecule has 1 atom stereocenters. The minimum Gasteiger partial charge on any atom is -0.368 e. The van der Waals surface area contributed by atoms with E-state index < -0.39 is 11.9 Å². The topological polar surface area (TPSA) is 72.9 Å². The van der Waals surface area contributed by atoms with Gasteiger partial charge in [-0.2, -0.15) is 5.10 Å². The molecule has 3 N–H and O–H groups in total. The lowest BCUT2D eigenvalue weighted by atomic mass is 10.1. The molecule has 2 aromatic rings. The maximum Gasteiger partial charge on any atom is 0.239 e. The summed E-state index contributed by atoms with van der Waals surface area (Å²) in [5.74, 6) is -0.396. The van der Waals surface area contributed by atoms with Crippen LogP contribution in [0.1, 0.15) is 22.9 Å². The Morgan fingerprint density at radius 1 is 1.42 bits per heavy atom. The summed E-state index contributed by atoms with van der Waals surface area (Å²) in [5, 5.41) is 7.32. The molecule has 1 amide bonds. The normalized spacial score (nSPS) is 12.3. The number of benzene rings is 1. The van der Waals surface area contributed by atoms with Crippen molar-refractivity contribution in [3.63, 3.8) is 0 Å². The molecule has 5 nitrogen and oxygen atoms in total. The van der Waals surface area contributed by atoms with Gasteiger partial charge in [0.05, 0.1) is 6.20 Å². The van der Waals surface area contributed by atoms with Crippen molar-refractivity contribution in [2.24, 2.45) is 12.8 Å². The molecule has 0 aliphatic heterocycles. The van der Waals surface area contributed by atoms with Crippen LogP contribution in [0.25, 0.3) is 0 Å². The molecule has 1 aromatic carbocycles. The standard InChI is InChI=1S/C14H18N4O/c1-10-12(9-17-18(10)2)13(14(15)19)16-8-11-6-4-3-5-7-11/h3-7,9,13,16H,8H2,1-2H3,(H2,15,19). The number of hydrogen-bond acceptors (Lipinski definition) is 3. The van der Waals surface area contributed by atoms with Gasteiger partial charge in [-0.1, -0.05) is 30.3 Å². The van der Waals surface area contributed by atoms with E-state index in [1.807, 2.05) is 44.3 Å². The molecule has 0 saturated heterocycles. The van der Waals surface area contributed by atoms with E-state index in [0.29, 0.717) is 6.54 Å². The second-order valence-electron chi connectivity index (χ2n) is 4.51. The fourth-order valence-electron chi connectivity index (χ4n) is 1.98. The van der Waals surface area contributed by atoms with Crippen molar-refractivity contribution in [2.45, 2.75) is 19.5 Å². The number of primary amides is 1. The minimum absolute atomic E-state index is 0.396. The number of nitrogens with zero attached hydrogens (tertiary/aromatic N) is 2. The Balaban J connectivity index is 2.14. The highest BCUT2D eigenvalue weighted by atomic mass is 16.1.